The van der Waals surface area contributed by atoms with Crippen molar-refractivity contribution in [3.8, 4) is 0 Å². The molecule has 2 fully saturated rings. The van der Waals surface area contributed by atoms with Gasteiger partial charge >= 0.3 is 0 Å². The Kier molecular flexibility index (Phi) is 12.9. The number of nitrogens with two attached hydrogens (primary N) is 1. The normalized spacial score (nSPS) is 17.7. The molecular weight excluding hydrogens is 890 g/mol. The van der Waals surface area contributed by atoms with Gasteiger partial charge in [-0.1, -0.05) is 35.9 Å². The number of nitrogens with one attached hydrogen (secondary N) is 5. The number of benzene rings is 2. The first kappa shape index (κ1) is 46.0. The highest BCUT2D eigenvalue weighted by Crippen LogP contribution is 2.37. The van der Waals surface area contributed by atoms with E-state index in [1.807, 2.05) is 0 Å². The van der Waals surface area contributed by atoms with E-state index in [1.54, 1.807) is 55.6 Å². The molecule has 2 aromatic carbocycles. The third-order valence-corrected chi connectivity index (χ3v) is 12.6. The number of aromatic amines is 2. The van der Waals surface area contributed by atoms with Crippen LogP contribution in [0.2, 0.25) is 5.15 Å². The Bertz CT molecular complexity index is 3100. The standard InChI is InChI=1S/C19H21FN6O4S.C15H16ClN5O3S.C4H6FNO/c1-25-19(28)16-13(21-12-6-4-5-7-14(12)26(2)31(3,29)30)9-15(22-17(16)24-25)23-18(27)10-8-11(10)20;1-20-15(22)13-10(8-12(16)18-14(13)19-20)17-9-6-4-5-7-11(9)21(2)25(3,23)24;5-3-1-2(3)4(6)7/h4-7,9-11H,8H2,1-3H3,(H3,21,22,23,24,27);4-8H,1-3H3,(H2,17,18,19);2-3H,1H2,(H2,6,7)/t10-,11+;;2-,3+/m1.1/s1. The lowest BCUT2D eigenvalue weighted by molar-refractivity contribution is -0.119. The zero-order valence-electron chi connectivity index (χ0n) is 34.5. The smallest absolute Gasteiger partial charge is 0.277 e. The van der Waals surface area contributed by atoms with Gasteiger partial charge in [-0.05, 0) is 43.2 Å². The maximum absolute atomic E-state index is 13.2. The Morgan fingerprint density at radius 3 is 1.56 bits per heavy atom. The van der Waals surface area contributed by atoms with Gasteiger partial charge in [0.1, 0.15) is 34.1 Å². The van der Waals surface area contributed by atoms with Crippen molar-refractivity contribution in [2.45, 2.75) is 25.2 Å². The molecule has 4 aromatic heterocycles. The molecule has 63 heavy (non-hydrogen) atoms. The van der Waals surface area contributed by atoms with Gasteiger partial charge in [-0.3, -0.25) is 47.3 Å². The minimum atomic E-state index is -3.53. The van der Waals surface area contributed by atoms with Crippen LogP contribution in [0.15, 0.2) is 70.3 Å². The lowest BCUT2D eigenvalue weighted by Gasteiger charge is -2.21. The summed E-state index contributed by atoms with van der Waals surface area (Å²) in [6.07, 6.45) is 0.628. The van der Waals surface area contributed by atoms with Crippen molar-refractivity contribution in [2.75, 3.05) is 51.2 Å². The van der Waals surface area contributed by atoms with Gasteiger partial charge in [0.25, 0.3) is 11.1 Å². The van der Waals surface area contributed by atoms with Crippen molar-refractivity contribution >= 4 is 105 Å². The molecule has 6 aromatic rings. The summed E-state index contributed by atoms with van der Waals surface area (Å²) >= 11 is 6.04. The van der Waals surface area contributed by atoms with Gasteiger partial charge in [-0.25, -0.2) is 35.6 Å². The number of amides is 2. The van der Waals surface area contributed by atoms with Crippen molar-refractivity contribution < 1.29 is 35.2 Å². The molecule has 0 spiro atoms. The molecule has 7 N–H and O–H groups in total. The number of carbonyl (C=O) groups excluding carboxylic acids is 2. The summed E-state index contributed by atoms with van der Waals surface area (Å²) in [7, 11) is -0.998. The number of H-pyrrole nitrogens is 2. The number of para-hydroxylation sites is 4. The van der Waals surface area contributed by atoms with Crippen molar-refractivity contribution in [3.63, 3.8) is 0 Å². The predicted octanol–water partition coefficient (Wildman–Crippen LogP) is 3.58. The average molecular weight is 933 g/mol. The van der Waals surface area contributed by atoms with Crippen molar-refractivity contribution in [1.29, 1.82) is 0 Å². The summed E-state index contributed by atoms with van der Waals surface area (Å²) in [6, 6.07) is 16.5. The lowest BCUT2D eigenvalue weighted by atomic mass is 10.2. The first-order chi connectivity index (χ1) is 29.5. The van der Waals surface area contributed by atoms with E-state index in [0.29, 0.717) is 51.6 Å². The van der Waals surface area contributed by atoms with E-state index in [-0.39, 0.29) is 39.5 Å². The van der Waals surface area contributed by atoms with E-state index >= 15 is 0 Å². The minimum Gasteiger partial charge on any atom is -0.369 e. The number of nitrogens with zero attached hydrogens (tertiary/aromatic N) is 6. The molecule has 2 saturated carbocycles. The van der Waals surface area contributed by atoms with Crippen LogP contribution < -0.4 is 41.4 Å². The van der Waals surface area contributed by atoms with E-state index in [0.717, 1.165) is 21.1 Å². The third-order valence-electron chi connectivity index (χ3n) is 9.99. The highest BCUT2D eigenvalue weighted by Gasteiger charge is 2.44. The molecule has 0 saturated heterocycles. The Hall–Kier alpha value is -6.53. The lowest BCUT2D eigenvalue weighted by Crippen LogP contribution is -2.25. The van der Waals surface area contributed by atoms with Crippen LogP contribution in [-0.2, 0) is 43.7 Å². The number of pyridine rings is 2. The second kappa shape index (κ2) is 17.7. The monoisotopic (exact) mass is 932 g/mol. The molecule has 4 atom stereocenters. The summed E-state index contributed by atoms with van der Waals surface area (Å²) in [5.41, 5.74) is 7.14. The molecule has 25 heteroatoms. The number of aromatic nitrogens is 6. The van der Waals surface area contributed by atoms with Crippen LogP contribution in [0.3, 0.4) is 0 Å². The summed E-state index contributed by atoms with van der Waals surface area (Å²) in [4.78, 5) is 55.4. The maximum atomic E-state index is 13.2. The molecule has 8 rings (SSSR count). The van der Waals surface area contributed by atoms with E-state index in [1.165, 1.54) is 42.6 Å². The van der Waals surface area contributed by atoms with E-state index in [4.69, 9.17) is 17.3 Å². The fraction of sp³-hybridized carbons (Fsp3) is 0.316. The van der Waals surface area contributed by atoms with Crippen LogP contribution in [0.25, 0.3) is 22.1 Å². The highest BCUT2D eigenvalue weighted by atomic mass is 35.5. The van der Waals surface area contributed by atoms with Gasteiger partial charge in [0.15, 0.2) is 11.3 Å². The summed E-state index contributed by atoms with van der Waals surface area (Å²) < 4.78 is 77.6. The number of aryl methyl sites for hydroxylation is 2. The van der Waals surface area contributed by atoms with Gasteiger partial charge in [-0.2, -0.15) is 0 Å². The largest absolute Gasteiger partial charge is 0.369 e. The Balaban J connectivity index is 0.000000184. The number of fused-ring (bicyclic) bond motifs is 2. The van der Waals surface area contributed by atoms with Crippen LogP contribution >= 0.6 is 11.6 Å². The van der Waals surface area contributed by atoms with Crippen LogP contribution in [-0.4, -0.2) is 97.1 Å². The van der Waals surface area contributed by atoms with Crippen LogP contribution in [0.1, 0.15) is 12.8 Å². The van der Waals surface area contributed by atoms with E-state index in [2.05, 4.69) is 36.1 Å². The van der Waals surface area contributed by atoms with Crippen molar-refractivity contribution in [2.24, 2.45) is 31.7 Å². The molecule has 20 nitrogen and oxygen atoms in total. The minimum absolute atomic E-state index is 0.134. The average Bonchev–Trinajstić information content (AvgIpc) is 4.08. The Morgan fingerprint density at radius 2 is 1.16 bits per heavy atom. The van der Waals surface area contributed by atoms with Gasteiger partial charge in [0, 0.05) is 34.3 Å². The number of alkyl halides is 2. The fourth-order valence-corrected chi connectivity index (χ4v) is 7.36. The molecule has 2 amide bonds. The van der Waals surface area contributed by atoms with Gasteiger partial charge < -0.3 is 21.7 Å². The first-order valence-corrected chi connectivity index (χ1v) is 22.9. The number of hydrogen-bond acceptors (Lipinski definition) is 12. The number of rotatable bonds is 11. The van der Waals surface area contributed by atoms with Crippen LogP contribution in [0.4, 0.5) is 48.7 Å². The van der Waals surface area contributed by atoms with Crippen LogP contribution in [0.5, 0.6) is 0 Å². The molecular formula is C38H43ClF2N12O8S2. The highest BCUT2D eigenvalue weighted by molar-refractivity contribution is 7.92. The zero-order valence-corrected chi connectivity index (χ0v) is 36.9. The maximum Gasteiger partial charge on any atom is 0.277 e. The summed E-state index contributed by atoms with van der Waals surface area (Å²) in [5, 5.41) is 15.1. The SMILES string of the molecule is CN(c1ccccc1Nc1cc(Cl)nc2[nH]n(C)c(=O)c12)S(C)(=O)=O.CN(c1ccccc1Nc1cc(NC(=O)[C@@H]2C[C@@H]2F)nc2[nH]n(C)c(=O)c12)S(C)(=O)=O.NC(=O)[C@@H]1C[C@@H]1F. The molecule has 0 aliphatic heterocycles. The molecule has 0 bridgehead atoms. The molecule has 336 valence electrons. The van der Waals surface area contributed by atoms with Gasteiger partial charge in [0.2, 0.25) is 31.9 Å². The fourth-order valence-electron chi connectivity index (χ4n) is 6.14. The number of hydrogen-bond donors (Lipinski definition) is 6. The summed E-state index contributed by atoms with van der Waals surface area (Å²) in [6.45, 7) is 0. The predicted molar refractivity (Wildman–Crippen MR) is 237 cm³/mol. The second-order valence-electron chi connectivity index (χ2n) is 14.8. The molecule has 0 unspecified atom stereocenters. The molecule has 2 aliphatic carbocycles. The first-order valence-electron chi connectivity index (χ1n) is 18.8. The van der Waals surface area contributed by atoms with Crippen LogP contribution in [0, 0.1) is 11.8 Å². The summed E-state index contributed by atoms with van der Waals surface area (Å²) in [5.74, 6) is -2.02. The number of carbonyl (C=O) groups is 2. The van der Waals surface area contributed by atoms with Gasteiger partial charge in [-0.15, -0.1) is 0 Å². The third kappa shape index (κ3) is 10.4. The van der Waals surface area contributed by atoms with Gasteiger partial charge in [0.05, 0.1) is 58.5 Å². The van der Waals surface area contributed by atoms with Crippen molar-refractivity contribution in [1.82, 2.24) is 29.5 Å². The zero-order chi connectivity index (χ0) is 46.3. The number of halogens is 3. The number of sulfonamides is 2. The number of anilines is 7. The Morgan fingerprint density at radius 1 is 0.746 bits per heavy atom. The molecule has 0 radical (unpaired) electrons. The van der Waals surface area contributed by atoms with E-state index in [9.17, 15) is 44.8 Å². The Labute approximate surface area is 363 Å². The van der Waals surface area contributed by atoms with E-state index < -0.39 is 56.0 Å². The molecule has 2 aliphatic rings. The molecule has 4 heterocycles. The number of primary amides is 1. The quantitative estimate of drug-likeness (QED) is 0.102. The topological polar surface area (TPSA) is 272 Å². The second-order valence-corrected chi connectivity index (χ2v) is 19.2. The van der Waals surface area contributed by atoms with Crippen molar-refractivity contribution in [3.05, 3.63) is 86.5 Å².